The fourth-order valence-electron chi connectivity index (χ4n) is 1.99. The highest BCUT2D eigenvalue weighted by Gasteiger charge is 2.41. The summed E-state index contributed by atoms with van der Waals surface area (Å²) in [5.74, 6) is 0.497. The van der Waals surface area contributed by atoms with E-state index in [-0.39, 0.29) is 18.9 Å². The quantitative estimate of drug-likeness (QED) is 0.851. The molecule has 2 atom stereocenters. The van der Waals surface area contributed by atoms with Crippen molar-refractivity contribution in [1.82, 2.24) is 15.0 Å². The summed E-state index contributed by atoms with van der Waals surface area (Å²) in [6, 6.07) is -0.659. The van der Waals surface area contributed by atoms with E-state index in [2.05, 4.69) is 10.1 Å². The molecule has 1 aromatic rings. The lowest BCUT2D eigenvalue weighted by Gasteiger charge is -2.22. The van der Waals surface area contributed by atoms with Crippen LogP contribution in [-0.2, 0) is 0 Å². The number of alkyl halides is 3. The average Bonchev–Trinajstić information content (AvgIpc) is 2.70. The highest BCUT2D eigenvalue weighted by Crippen LogP contribution is 2.33. The molecule has 0 unspecified atom stereocenters. The summed E-state index contributed by atoms with van der Waals surface area (Å²) in [7, 11) is 0. The minimum Gasteiger partial charge on any atom is -0.392 e. The van der Waals surface area contributed by atoms with Crippen molar-refractivity contribution in [2.75, 3.05) is 13.1 Å². The Morgan fingerprint density at radius 2 is 2.24 bits per heavy atom. The molecule has 0 amide bonds. The van der Waals surface area contributed by atoms with Crippen LogP contribution in [0.1, 0.15) is 24.2 Å². The minimum absolute atomic E-state index is 0.0361. The maximum atomic E-state index is 12.3. The van der Waals surface area contributed by atoms with E-state index in [4.69, 9.17) is 4.52 Å². The summed E-state index contributed by atoms with van der Waals surface area (Å²) in [6.45, 7) is 0.467. The Kier molecular flexibility index (Phi) is 3.09. The van der Waals surface area contributed by atoms with Crippen LogP contribution in [0.25, 0.3) is 0 Å². The van der Waals surface area contributed by atoms with E-state index >= 15 is 0 Å². The number of β-amino-alcohol motifs (C(OH)–C–C–N with tert-alkyl or cyclic N) is 1. The SMILES string of the molecule is Cc1noc([C@H]2C[C@H](O)CN2CC(F)(F)F)n1. The highest BCUT2D eigenvalue weighted by molar-refractivity contribution is 4.98. The van der Waals surface area contributed by atoms with Gasteiger partial charge in [-0.25, -0.2) is 0 Å². The van der Waals surface area contributed by atoms with Gasteiger partial charge in [0, 0.05) is 6.54 Å². The number of nitrogens with zero attached hydrogens (tertiary/aromatic N) is 3. The third kappa shape index (κ3) is 2.95. The number of aromatic nitrogens is 2. The average molecular weight is 251 g/mol. The van der Waals surface area contributed by atoms with E-state index in [1.54, 1.807) is 6.92 Å². The van der Waals surface area contributed by atoms with E-state index in [0.29, 0.717) is 5.82 Å². The van der Waals surface area contributed by atoms with Gasteiger partial charge in [-0.2, -0.15) is 18.2 Å². The Morgan fingerprint density at radius 3 is 2.76 bits per heavy atom. The summed E-state index contributed by atoms with van der Waals surface area (Å²) in [5.41, 5.74) is 0. The van der Waals surface area contributed by atoms with Gasteiger partial charge >= 0.3 is 6.18 Å². The molecule has 96 valence electrons. The predicted molar refractivity (Wildman–Crippen MR) is 50.0 cm³/mol. The zero-order chi connectivity index (χ0) is 12.6. The third-order valence-electron chi connectivity index (χ3n) is 2.59. The molecule has 0 radical (unpaired) electrons. The maximum absolute atomic E-state index is 12.3. The van der Waals surface area contributed by atoms with Gasteiger partial charge in [-0.15, -0.1) is 0 Å². The van der Waals surface area contributed by atoms with Crippen LogP contribution in [0.4, 0.5) is 13.2 Å². The van der Waals surface area contributed by atoms with Crippen LogP contribution in [0.2, 0.25) is 0 Å². The van der Waals surface area contributed by atoms with Gasteiger partial charge in [-0.3, -0.25) is 4.90 Å². The van der Waals surface area contributed by atoms with Crippen molar-refractivity contribution in [2.45, 2.75) is 31.7 Å². The van der Waals surface area contributed by atoms with Crippen LogP contribution in [0, 0.1) is 6.92 Å². The van der Waals surface area contributed by atoms with E-state index in [0.717, 1.165) is 4.90 Å². The van der Waals surface area contributed by atoms with E-state index in [1.165, 1.54) is 0 Å². The van der Waals surface area contributed by atoms with Crippen molar-refractivity contribution in [3.63, 3.8) is 0 Å². The number of aryl methyl sites for hydroxylation is 1. The van der Waals surface area contributed by atoms with Gasteiger partial charge in [0.1, 0.15) is 0 Å². The first kappa shape index (κ1) is 12.3. The van der Waals surface area contributed by atoms with Crippen LogP contribution < -0.4 is 0 Å². The number of hydrogen-bond donors (Lipinski definition) is 1. The molecule has 1 fully saturated rings. The fourth-order valence-corrected chi connectivity index (χ4v) is 1.99. The Morgan fingerprint density at radius 1 is 1.53 bits per heavy atom. The molecule has 2 rings (SSSR count). The van der Waals surface area contributed by atoms with Gasteiger partial charge in [0.25, 0.3) is 0 Å². The lowest BCUT2D eigenvalue weighted by atomic mass is 10.2. The van der Waals surface area contributed by atoms with Gasteiger partial charge < -0.3 is 9.63 Å². The molecule has 1 aliphatic rings. The molecular weight excluding hydrogens is 239 g/mol. The van der Waals surface area contributed by atoms with Crippen LogP contribution in [0.15, 0.2) is 4.52 Å². The molecule has 1 aromatic heterocycles. The Bertz CT molecular complexity index is 393. The van der Waals surface area contributed by atoms with E-state index in [9.17, 15) is 18.3 Å². The lowest BCUT2D eigenvalue weighted by molar-refractivity contribution is -0.149. The van der Waals surface area contributed by atoms with Gasteiger partial charge in [0.05, 0.1) is 18.7 Å². The zero-order valence-corrected chi connectivity index (χ0v) is 9.11. The highest BCUT2D eigenvalue weighted by atomic mass is 19.4. The first-order chi connectivity index (χ1) is 7.85. The van der Waals surface area contributed by atoms with Crippen molar-refractivity contribution in [3.05, 3.63) is 11.7 Å². The van der Waals surface area contributed by atoms with Crippen LogP contribution in [-0.4, -0.2) is 45.5 Å². The third-order valence-corrected chi connectivity index (χ3v) is 2.59. The summed E-state index contributed by atoms with van der Waals surface area (Å²) in [4.78, 5) is 5.02. The number of likely N-dealkylation sites (tertiary alicyclic amines) is 1. The standard InChI is InChI=1S/C9H12F3N3O2/c1-5-13-8(17-14-5)7-2-6(16)3-15(7)4-9(10,11)12/h6-7,16H,2-4H2,1H3/t6-,7+/m0/s1. The van der Waals surface area contributed by atoms with E-state index < -0.39 is 24.9 Å². The molecule has 0 aliphatic carbocycles. The monoisotopic (exact) mass is 251 g/mol. The van der Waals surface area contributed by atoms with E-state index in [1.807, 2.05) is 0 Å². The largest absolute Gasteiger partial charge is 0.401 e. The molecule has 1 saturated heterocycles. The summed E-state index contributed by atoms with van der Waals surface area (Å²) >= 11 is 0. The molecule has 1 aliphatic heterocycles. The molecule has 5 nitrogen and oxygen atoms in total. The second-order valence-electron chi connectivity index (χ2n) is 4.13. The summed E-state index contributed by atoms with van der Waals surface area (Å²) in [5, 5.41) is 13.0. The normalized spacial score (nSPS) is 26.6. The Hall–Kier alpha value is -1.15. The molecular formula is C9H12F3N3O2. The fraction of sp³-hybridized carbons (Fsp3) is 0.778. The molecule has 0 aromatic carbocycles. The number of rotatable bonds is 2. The van der Waals surface area contributed by atoms with Gasteiger partial charge in [-0.1, -0.05) is 5.16 Å². The van der Waals surface area contributed by atoms with Gasteiger partial charge in [0.2, 0.25) is 5.89 Å². The van der Waals surface area contributed by atoms with Crippen molar-refractivity contribution >= 4 is 0 Å². The topological polar surface area (TPSA) is 62.4 Å². The second kappa shape index (κ2) is 4.26. The zero-order valence-electron chi connectivity index (χ0n) is 9.11. The lowest BCUT2D eigenvalue weighted by Crippen LogP contribution is -2.34. The summed E-state index contributed by atoms with van der Waals surface area (Å²) < 4.78 is 41.9. The molecule has 0 saturated carbocycles. The van der Waals surface area contributed by atoms with Gasteiger partial charge in [0.15, 0.2) is 5.82 Å². The smallest absolute Gasteiger partial charge is 0.392 e. The van der Waals surface area contributed by atoms with Crippen molar-refractivity contribution in [3.8, 4) is 0 Å². The first-order valence-electron chi connectivity index (χ1n) is 5.14. The Balaban J connectivity index is 2.14. The predicted octanol–water partition coefficient (Wildman–Crippen LogP) is 1.05. The molecule has 1 N–H and O–H groups in total. The second-order valence-corrected chi connectivity index (χ2v) is 4.13. The van der Waals surface area contributed by atoms with Gasteiger partial charge in [-0.05, 0) is 13.3 Å². The first-order valence-corrected chi connectivity index (χ1v) is 5.14. The molecule has 8 heteroatoms. The molecule has 17 heavy (non-hydrogen) atoms. The van der Waals surface area contributed by atoms with Crippen molar-refractivity contribution in [2.24, 2.45) is 0 Å². The number of hydrogen-bond acceptors (Lipinski definition) is 5. The van der Waals surface area contributed by atoms with Crippen LogP contribution >= 0.6 is 0 Å². The molecule has 2 heterocycles. The van der Waals surface area contributed by atoms with Crippen molar-refractivity contribution < 1.29 is 22.8 Å². The molecule has 0 bridgehead atoms. The van der Waals surface area contributed by atoms with Crippen LogP contribution in [0.3, 0.4) is 0 Å². The van der Waals surface area contributed by atoms with Crippen molar-refractivity contribution in [1.29, 1.82) is 0 Å². The number of halogens is 3. The Labute approximate surface area is 95.2 Å². The summed E-state index contributed by atoms with van der Waals surface area (Å²) in [6.07, 6.45) is -4.93. The molecule has 0 spiro atoms. The van der Waals surface area contributed by atoms with Crippen LogP contribution in [0.5, 0.6) is 0 Å². The number of aliphatic hydroxyl groups excluding tert-OH is 1. The number of aliphatic hydroxyl groups is 1. The maximum Gasteiger partial charge on any atom is 0.401 e. The minimum atomic E-state index is -4.31.